The van der Waals surface area contributed by atoms with Crippen molar-refractivity contribution in [2.45, 2.75) is 46.0 Å². The molecule has 0 saturated heterocycles. The molecular formula is C14H28N2O. The van der Waals surface area contributed by atoms with Gasteiger partial charge in [0.2, 0.25) is 5.91 Å². The Morgan fingerprint density at radius 3 is 2.35 bits per heavy atom. The molecule has 100 valence electrons. The van der Waals surface area contributed by atoms with Crippen LogP contribution in [0.3, 0.4) is 0 Å². The minimum Gasteiger partial charge on any atom is -0.346 e. The van der Waals surface area contributed by atoms with E-state index in [-0.39, 0.29) is 5.92 Å². The van der Waals surface area contributed by atoms with Crippen LogP contribution in [0.4, 0.5) is 0 Å². The SMILES string of the molecule is CC(C)CCN(C)C(=O)C1CCC(CN)CC1. The van der Waals surface area contributed by atoms with Crippen LogP contribution in [0.2, 0.25) is 0 Å². The van der Waals surface area contributed by atoms with Gasteiger partial charge < -0.3 is 10.6 Å². The highest BCUT2D eigenvalue weighted by atomic mass is 16.2. The van der Waals surface area contributed by atoms with Crippen molar-refractivity contribution in [3.63, 3.8) is 0 Å². The minimum atomic E-state index is 0.259. The normalized spacial score (nSPS) is 25.0. The zero-order valence-corrected chi connectivity index (χ0v) is 11.6. The largest absolute Gasteiger partial charge is 0.346 e. The molecule has 3 nitrogen and oxygen atoms in total. The topological polar surface area (TPSA) is 46.3 Å². The van der Waals surface area contributed by atoms with Gasteiger partial charge in [0.05, 0.1) is 0 Å². The minimum absolute atomic E-state index is 0.259. The molecule has 1 aliphatic carbocycles. The highest BCUT2D eigenvalue weighted by Gasteiger charge is 2.27. The van der Waals surface area contributed by atoms with Crippen LogP contribution in [0.25, 0.3) is 0 Å². The number of carbonyl (C=O) groups is 1. The Bertz CT molecular complexity index is 232. The van der Waals surface area contributed by atoms with Crippen molar-refractivity contribution in [1.82, 2.24) is 4.90 Å². The monoisotopic (exact) mass is 240 g/mol. The van der Waals surface area contributed by atoms with Gasteiger partial charge in [-0.25, -0.2) is 0 Å². The molecule has 0 unspecified atom stereocenters. The third-order valence-electron chi connectivity index (χ3n) is 3.95. The Morgan fingerprint density at radius 2 is 1.88 bits per heavy atom. The molecule has 0 aliphatic heterocycles. The van der Waals surface area contributed by atoms with Crippen LogP contribution < -0.4 is 5.73 Å². The van der Waals surface area contributed by atoms with Gasteiger partial charge >= 0.3 is 0 Å². The molecule has 1 amide bonds. The van der Waals surface area contributed by atoms with Crippen LogP contribution in [-0.4, -0.2) is 30.9 Å². The van der Waals surface area contributed by atoms with E-state index in [0.717, 1.165) is 45.2 Å². The average Bonchev–Trinajstić information content (AvgIpc) is 2.35. The summed E-state index contributed by atoms with van der Waals surface area (Å²) in [6.45, 7) is 6.08. The predicted octanol–water partition coefficient (Wildman–Crippen LogP) is 2.26. The van der Waals surface area contributed by atoms with Crippen molar-refractivity contribution in [1.29, 1.82) is 0 Å². The first-order valence-electron chi connectivity index (χ1n) is 6.99. The lowest BCUT2D eigenvalue weighted by molar-refractivity contribution is -0.135. The number of hydrogen-bond acceptors (Lipinski definition) is 2. The highest BCUT2D eigenvalue weighted by Crippen LogP contribution is 2.29. The molecule has 2 N–H and O–H groups in total. The molecule has 3 heteroatoms. The van der Waals surface area contributed by atoms with E-state index in [1.54, 1.807) is 0 Å². The van der Waals surface area contributed by atoms with Gasteiger partial charge in [-0.2, -0.15) is 0 Å². The van der Waals surface area contributed by atoms with Crippen molar-refractivity contribution >= 4 is 5.91 Å². The Labute approximate surface area is 106 Å². The second-order valence-corrected chi connectivity index (χ2v) is 5.90. The first kappa shape index (κ1) is 14.5. The summed E-state index contributed by atoms with van der Waals surface area (Å²) in [6, 6.07) is 0. The van der Waals surface area contributed by atoms with Gasteiger partial charge in [-0.3, -0.25) is 4.79 Å². The molecule has 0 aromatic rings. The zero-order valence-electron chi connectivity index (χ0n) is 11.6. The van der Waals surface area contributed by atoms with Crippen LogP contribution >= 0.6 is 0 Å². The maximum absolute atomic E-state index is 12.2. The van der Waals surface area contributed by atoms with Crippen molar-refractivity contribution in [3.8, 4) is 0 Å². The molecule has 0 heterocycles. The van der Waals surface area contributed by atoms with Gasteiger partial charge in [0.15, 0.2) is 0 Å². The summed E-state index contributed by atoms with van der Waals surface area (Å²) in [5.74, 6) is 1.93. The summed E-state index contributed by atoms with van der Waals surface area (Å²) >= 11 is 0. The standard InChI is InChI=1S/C14H28N2O/c1-11(2)8-9-16(3)14(17)13-6-4-12(10-15)5-7-13/h11-13H,4-10,15H2,1-3H3. The Hall–Kier alpha value is -0.570. The molecule has 0 radical (unpaired) electrons. The van der Waals surface area contributed by atoms with Crippen LogP contribution in [0.1, 0.15) is 46.0 Å². The molecule has 1 fully saturated rings. The second-order valence-electron chi connectivity index (χ2n) is 5.90. The summed E-state index contributed by atoms with van der Waals surface area (Å²) < 4.78 is 0. The summed E-state index contributed by atoms with van der Waals surface area (Å²) in [5, 5.41) is 0. The van der Waals surface area contributed by atoms with Crippen LogP contribution in [0, 0.1) is 17.8 Å². The molecule has 17 heavy (non-hydrogen) atoms. The van der Waals surface area contributed by atoms with E-state index in [9.17, 15) is 4.79 Å². The number of nitrogens with two attached hydrogens (primary N) is 1. The van der Waals surface area contributed by atoms with E-state index in [1.807, 2.05) is 11.9 Å². The maximum Gasteiger partial charge on any atom is 0.225 e. The second kappa shape index (κ2) is 7.00. The quantitative estimate of drug-likeness (QED) is 0.801. The number of nitrogens with zero attached hydrogens (tertiary/aromatic N) is 1. The van der Waals surface area contributed by atoms with E-state index in [0.29, 0.717) is 17.7 Å². The predicted molar refractivity (Wildman–Crippen MR) is 71.6 cm³/mol. The third-order valence-corrected chi connectivity index (χ3v) is 3.95. The van der Waals surface area contributed by atoms with E-state index >= 15 is 0 Å². The van der Waals surface area contributed by atoms with E-state index in [4.69, 9.17) is 5.73 Å². The summed E-state index contributed by atoms with van der Waals surface area (Å²) in [7, 11) is 1.94. The van der Waals surface area contributed by atoms with Crippen molar-refractivity contribution in [2.24, 2.45) is 23.5 Å². The number of hydrogen-bond donors (Lipinski definition) is 1. The van der Waals surface area contributed by atoms with Crippen molar-refractivity contribution in [2.75, 3.05) is 20.1 Å². The molecule has 0 aromatic heterocycles. The first-order valence-corrected chi connectivity index (χ1v) is 6.99. The summed E-state index contributed by atoms with van der Waals surface area (Å²) in [5.41, 5.74) is 5.67. The Balaban J connectivity index is 2.32. The smallest absolute Gasteiger partial charge is 0.225 e. The Kier molecular flexibility index (Phi) is 5.96. The molecule has 1 aliphatic rings. The van der Waals surface area contributed by atoms with Crippen LogP contribution in [0.15, 0.2) is 0 Å². The fourth-order valence-electron chi connectivity index (χ4n) is 2.52. The maximum atomic E-state index is 12.2. The molecule has 1 saturated carbocycles. The lowest BCUT2D eigenvalue weighted by Gasteiger charge is -2.30. The van der Waals surface area contributed by atoms with Gasteiger partial charge in [0.1, 0.15) is 0 Å². The van der Waals surface area contributed by atoms with Crippen molar-refractivity contribution in [3.05, 3.63) is 0 Å². The number of amides is 1. The fourth-order valence-corrected chi connectivity index (χ4v) is 2.52. The van der Waals surface area contributed by atoms with Gasteiger partial charge in [-0.05, 0) is 50.5 Å². The summed E-state index contributed by atoms with van der Waals surface area (Å²) in [4.78, 5) is 14.1. The van der Waals surface area contributed by atoms with Gasteiger partial charge in [0, 0.05) is 19.5 Å². The van der Waals surface area contributed by atoms with E-state index < -0.39 is 0 Å². The third kappa shape index (κ3) is 4.66. The highest BCUT2D eigenvalue weighted by molar-refractivity contribution is 5.78. The van der Waals surface area contributed by atoms with Crippen LogP contribution in [0.5, 0.6) is 0 Å². The molecular weight excluding hydrogens is 212 g/mol. The first-order chi connectivity index (χ1) is 8.04. The molecule has 0 atom stereocenters. The lowest BCUT2D eigenvalue weighted by Crippen LogP contribution is -2.36. The molecule has 0 bridgehead atoms. The molecule has 0 spiro atoms. The van der Waals surface area contributed by atoms with Gasteiger partial charge in [0.25, 0.3) is 0 Å². The number of rotatable bonds is 5. The van der Waals surface area contributed by atoms with E-state index in [2.05, 4.69) is 13.8 Å². The fraction of sp³-hybridized carbons (Fsp3) is 0.929. The average molecular weight is 240 g/mol. The molecule has 0 aromatic carbocycles. The Morgan fingerprint density at radius 1 is 1.29 bits per heavy atom. The number of carbonyl (C=O) groups excluding carboxylic acids is 1. The van der Waals surface area contributed by atoms with Crippen LogP contribution in [-0.2, 0) is 4.79 Å². The lowest BCUT2D eigenvalue weighted by atomic mass is 9.81. The van der Waals surface area contributed by atoms with Gasteiger partial charge in [-0.15, -0.1) is 0 Å². The summed E-state index contributed by atoms with van der Waals surface area (Å²) in [6.07, 6.45) is 5.43. The molecule has 1 rings (SSSR count). The zero-order chi connectivity index (χ0) is 12.8. The van der Waals surface area contributed by atoms with Gasteiger partial charge in [-0.1, -0.05) is 13.8 Å². The van der Waals surface area contributed by atoms with Crippen molar-refractivity contribution < 1.29 is 4.79 Å². The van der Waals surface area contributed by atoms with E-state index in [1.165, 1.54) is 0 Å².